The van der Waals surface area contributed by atoms with Crippen molar-refractivity contribution in [3.05, 3.63) is 52.6 Å². The zero-order valence-corrected chi connectivity index (χ0v) is 22.2. The first kappa shape index (κ1) is 26.8. The molecule has 200 valence electrons. The monoisotopic (exact) mass is 509 g/mol. The number of piperazine rings is 1. The third-order valence-corrected chi connectivity index (χ3v) is 7.35. The van der Waals surface area contributed by atoms with Gasteiger partial charge in [-0.3, -0.25) is 19.6 Å². The molecule has 0 radical (unpaired) electrons. The SMILES string of the molecule is CCC1CCN(Cc2ccc(-n3ccc(NC(=O)N4CCN(C(=O)C(C)(C)N)CC4)nc3=O)cc2)CC1. The molecule has 10 nitrogen and oxygen atoms in total. The van der Waals surface area contributed by atoms with Crippen molar-refractivity contribution in [3.8, 4) is 5.69 Å². The van der Waals surface area contributed by atoms with E-state index < -0.39 is 11.2 Å². The number of carbonyl (C=O) groups is 2. The van der Waals surface area contributed by atoms with E-state index in [4.69, 9.17) is 5.73 Å². The Morgan fingerprint density at radius 1 is 1.00 bits per heavy atom. The summed E-state index contributed by atoms with van der Waals surface area (Å²) in [7, 11) is 0. The van der Waals surface area contributed by atoms with Crippen LogP contribution in [0.2, 0.25) is 0 Å². The summed E-state index contributed by atoms with van der Waals surface area (Å²) in [4.78, 5) is 47.5. The molecule has 0 bridgehead atoms. The van der Waals surface area contributed by atoms with Crippen LogP contribution >= 0.6 is 0 Å². The van der Waals surface area contributed by atoms with Gasteiger partial charge < -0.3 is 15.5 Å². The van der Waals surface area contributed by atoms with E-state index in [0.717, 1.165) is 31.2 Å². The summed E-state index contributed by atoms with van der Waals surface area (Å²) in [6.07, 6.45) is 5.41. The van der Waals surface area contributed by atoms with E-state index in [1.54, 1.807) is 35.9 Å². The highest BCUT2D eigenvalue weighted by Gasteiger charge is 2.31. The van der Waals surface area contributed by atoms with Gasteiger partial charge in [0.05, 0.1) is 11.2 Å². The quantitative estimate of drug-likeness (QED) is 0.617. The van der Waals surface area contributed by atoms with Crippen molar-refractivity contribution < 1.29 is 9.59 Å². The standard InChI is InChI=1S/C27H39N7O3/c1-4-20-9-12-31(13-10-20)19-21-5-7-22(8-6-21)34-14-11-23(30-26(34)37)29-25(36)33-17-15-32(16-18-33)24(35)27(2,3)28/h5-8,11,14,20H,4,9-10,12-13,15-19,28H2,1-3H3,(H,29,30,36,37). The van der Waals surface area contributed by atoms with Crippen LogP contribution in [-0.2, 0) is 11.3 Å². The second-order valence-electron chi connectivity index (χ2n) is 10.7. The summed E-state index contributed by atoms with van der Waals surface area (Å²) in [5.41, 5.74) is 6.45. The van der Waals surface area contributed by atoms with Gasteiger partial charge in [0.15, 0.2) is 0 Å². The van der Waals surface area contributed by atoms with Crippen molar-refractivity contribution in [2.24, 2.45) is 11.7 Å². The number of urea groups is 1. The van der Waals surface area contributed by atoms with Gasteiger partial charge in [0, 0.05) is 38.9 Å². The first-order valence-corrected chi connectivity index (χ1v) is 13.2. The molecule has 1 aromatic carbocycles. The number of nitrogens with zero attached hydrogens (tertiary/aromatic N) is 5. The van der Waals surface area contributed by atoms with Gasteiger partial charge in [-0.25, -0.2) is 9.59 Å². The fourth-order valence-corrected chi connectivity index (χ4v) is 4.95. The third-order valence-electron chi connectivity index (χ3n) is 7.35. The topological polar surface area (TPSA) is 117 Å². The Morgan fingerprint density at radius 3 is 2.19 bits per heavy atom. The van der Waals surface area contributed by atoms with Crippen molar-refractivity contribution >= 4 is 17.8 Å². The van der Waals surface area contributed by atoms with Crippen molar-refractivity contribution in [1.82, 2.24) is 24.3 Å². The van der Waals surface area contributed by atoms with Crippen molar-refractivity contribution in [2.75, 3.05) is 44.6 Å². The lowest BCUT2D eigenvalue weighted by Crippen LogP contribution is -2.58. The number of benzene rings is 1. The average molecular weight is 510 g/mol. The van der Waals surface area contributed by atoms with Crippen molar-refractivity contribution in [1.29, 1.82) is 0 Å². The van der Waals surface area contributed by atoms with E-state index >= 15 is 0 Å². The second kappa shape index (κ2) is 11.4. The van der Waals surface area contributed by atoms with Crippen LogP contribution in [0.3, 0.4) is 0 Å². The minimum atomic E-state index is -0.940. The lowest BCUT2D eigenvalue weighted by molar-refractivity contribution is -0.137. The van der Waals surface area contributed by atoms with Gasteiger partial charge >= 0.3 is 11.7 Å². The zero-order chi connectivity index (χ0) is 26.6. The summed E-state index contributed by atoms with van der Waals surface area (Å²) >= 11 is 0. The highest BCUT2D eigenvalue weighted by Crippen LogP contribution is 2.21. The second-order valence-corrected chi connectivity index (χ2v) is 10.7. The number of nitrogens with one attached hydrogen (secondary N) is 1. The average Bonchev–Trinajstić information content (AvgIpc) is 2.89. The van der Waals surface area contributed by atoms with Gasteiger partial charge in [0.2, 0.25) is 5.91 Å². The minimum Gasteiger partial charge on any atom is -0.338 e. The highest BCUT2D eigenvalue weighted by molar-refractivity contribution is 5.89. The maximum Gasteiger partial charge on any atom is 0.354 e. The number of piperidine rings is 1. The Morgan fingerprint density at radius 2 is 1.62 bits per heavy atom. The maximum absolute atomic E-state index is 12.7. The molecule has 3 heterocycles. The molecule has 2 fully saturated rings. The molecular formula is C27H39N7O3. The first-order valence-electron chi connectivity index (χ1n) is 13.2. The van der Waals surface area contributed by atoms with Crippen LogP contribution in [0.5, 0.6) is 0 Å². The summed E-state index contributed by atoms with van der Waals surface area (Å²) in [6.45, 7) is 10.4. The Hall–Kier alpha value is -3.24. The summed E-state index contributed by atoms with van der Waals surface area (Å²) in [5, 5.41) is 2.70. The van der Waals surface area contributed by atoms with Gasteiger partial charge in [0.25, 0.3) is 0 Å². The zero-order valence-electron chi connectivity index (χ0n) is 22.2. The van der Waals surface area contributed by atoms with Gasteiger partial charge in [-0.2, -0.15) is 4.98 Å². The molecule has 2 aliphatic rings. The predicted molar refractivity (Wildman–Crippen MR) is 144 cm³/mol. The van der Waals surface area contributed by atoms with Crippen LogP contribution in [0, 0.1) is 5.92 Å². The number of amides is 3. The largest absolute Gasteiger partial charge is 0.354 e. The molecule has 0 atom stereocenters. The molecule has 2 aromatic rings. The highest BCUT2D eigenvalue weighted by atomic mass is 16.2. The molecule has 2 aliphatic heterocycles. The normalized spacial score (nSPS) is 17.6. The number of nitrogens with two attached hydrogens (primary N) is 1. The third kappa shape index (κ3) is 6.75. The van der Waals surface area contributed by atoms with Gasteiger partial charge in [0.1, 0.15) is 5.82 Å². The molecule has 37 heavy (non-hydrogen) atoms. The van der Waals surface area contributed by atoms with Crippen LogP contribution in [0.4, 0.5) is 10.6 Å². The lowest BCUT2D eigenvalue weighted by atomic mass is 9.94. The number of rotatable bonds is 6. The Balaban J connectivity index is 1.31. The number of carbonyl (C=O) groups excluding carboxylic acids is 2. The Kier molecular flexibility index (Phi) is 8.29. The number of hydrogen-bond donors (Lipinski definition) is 2. The molecule has 0 unspecified atom stereocenters. The van der Waals surface area contributed by atoms with Crippen LogP contribution in [0.25, 0.3) is 5.69 Å². The van der Waals surface area contributed by atoms with E-state index in [-0.39, 0.29) is 17.8 Å². The van der Waals surface area contributed by atoms with E-state index in [1.165, 1.54) is 29.4 Å². The Bertz CT molecular complexity index is 1140. The number of anilines is 1. The number of hydrogen-bond acceptors (Lipinski definition) is 6. The molecule has 10 heteroatoms. The smallest absolute Gasteiger partial charge is 0.338 e. The molecule has 2 saturated heterocycles. The van der Waals surface area contributed by atoms with E-state index in [9.17, 15) is 14.4 Å². The van der Waals surface area contributed by atoms with Crippen molar-refractivity contribution in [2.45, 2.75) is 52.1 Å². The van der Waals surface area contributed by atoms with Crippen LogP contribution in [0.1, 0.15) is 45.6 Å². The van der Waals surface area contributed by atoms with Gasteiger partial charge in [-0.15, -0.1) is 0 Å². The van der Waals surface area contributed by atoms with Crippen molar-refractivity contribution in [3.63, 3.8) is 0 Å². The molecule has 0 saturated carbocycles. The van der Waals surface area contributed by atoms with Crippen LogP contribution in [0.15, 0.2) is 41.3 Å². The van der Waals surface area contributed by atoms with Gasteiger partial charge in [-0.1, -0.05) is 25.5 Å². The molecule has 0 aliphatic carbocycles. The predicted octanol–water partition coefficient (Wildman–Crippen LogP) is 2.27. The van der Waals surface area contributed by atoms with Gasteiger partial charge in [-0.05, 0) is 69.5 Å². The number of likely N-dealkylation sites (tertiary alicyclic amines) is 1. The fraction of sp³-hybridized carbons (Fsp3) is 0.556. The molecule has 0 spiro atoms. The molecular weight excluding hydrogens is 470 g/mol. The molecule has 4 rings (SSSR count). The van der Waals surface area contributed by atoms with Crippen LogP contribution in [-0.4, -0.2) is 81.0 Å². The lowest BCUT2D eigenvalue weighted by Gasteiger charge is -2.37. The number of aromatic nitrogens is 2. The van der Waals surface area contributed by atoms with Crippen LogP contribution < -0.4 is 16.7 Å². The molecule has 3 N–H and O–H groups in total. The van der Waals surface area contributed by atoms with E-state index in [2.05, 4.69) is 34.3 Å². The molecule has 1 aromatic heterocycles. The Labute approximate surface area is 218 Å². The summed E-state index contributed by atoms with van der Waals surface area (Å²) in [6, 6.07) is 9.23. The van der Waals surface area contributed by atoms with E-state index in [0.29, 0.717) is 26.2 Å². The fourth-order valence-electron chi connectivity index (χ4n) is 4.95. The summed E-state index contributed by atoms with van der Waals surface area (Å²) in [5.74, 6) is 0.915. The minimum absolute atomic E-state index is 0.137. The van der Waals surface area contributed by atoms with E-state index in [1.807, 2.05) is 12.1 Å². The maximum atomic E-state index is 12.7. The summed E-state index contributed by atoms with van der Waals surface area (Å²) < 4.78 is 1.46. The first-order chi connectivity index (χ1) is 17.6. The molecule has 3 amide bonds.